The predicted octanol–water partition coefficient (Wildman–Crippen LogP) is 2.45. The zero-order valence-corrected chi connectivity index (χ0v) is 11.0. The molecular weight excluding hydrogens is 233 g/mol. The number of halogens is 1. The monoisotopic (exact) mass is 253 g/mol. The minimum Gasteiger partial charge on any atom is -0.497 e. The van der Waals surface area contributed by atoms with Crippen LogP contribution in [-0.2, 0) is 11.3 Å². The van der Waals surface area contributed by atoms with Crippen LogP contribution in [0.5, 0.6) is 5.75 Å². The molecule has 2 rings (SSSR count). The molecule has 0 radical (unpaired) electrons. The summed E-state index contributed by atoms with van der Waals surface area (Å²) in [6, 6.07) is 5.04. The zero-order valence-electron chi connectivity index (χ0n) is 11.0. The molecule has 100 valence electrons. The fourth-order valence-electron chi connectivity index (χ4n) is 2.37. The molecule has 1 atom stereocenters. The zero-order chi connectivity index (χ0) is 13.0. The van der Waals surface area contributed by atoms with Crippen LogP contribution >= 0.6 is 0 Å². The van der Waals surface area contributed by atoms with Crippen molar-refractivity contribution in [3.63, 3.8) is 0 Å². The van der Waals surface area contributed by atoms with Crippen LogP contribution in [0.2, 0.25) is 0 Å². The van der Waals surface area contributed by atoms with Crippen LogP contribution in [0.25, 0.3) is 0 Å². The maximum atomic E-state index is 13.8. The number of likely N-dealkylation sites (tertiary alicyclic amines) is 1. The smallest absolute Gasteiger partial charge is 0.131 e. The Morgan fingerprint density at radius 3 is 2.89 bits per heavy atom. The van der Waals surface area contributed by atoms with Gasteiger partial charge in [0, 0.05) is 31.8 Å². The van der Waals surface area contributed by atoms with E-state index in [9.17, 15) is 4.39 Å². The van der Waals surface area contributed by atoms with Gasteiger partial charge in [-0.2, -0.15) is 0 Å². The van der Waals surface area contributed by atoms with Gasteiger partial charge in [0.15, 0.2) is 0 Å². The van der Waals surface area contributed by atoms with Crippen molar-refractivity contribution in [3.05, 3.63) is 29.6 Å². The first-order valence-electron chi connectivity index (χ1n) is 6.30. The van der Waals surface area contributed by atoms with Gasteiger partial charge in [-0.3, -0.25) is 4.90 Å². The van der Waals surface area contributed by atoms with Crippen molar-refractivity contribution in [2.75, 3.05) is 27.3 Å². The van der Waals surface area contributed by atoms with Gasteiger partial charge in [0.1, 0.15) is 11.6 Å². The lowest BCUT2D eigenvalue weighted by Crippen LogP contribution is -2.38. The van der Waals surface area contributed by atoms with Crippen LogP contribution in [0.4, 0.5) is 4.39 Å². The average molecular weight is 253 g/mol. The van der Waals surface area contributed by atoms with Gasteiger partial charge in [-0.15, -0.1) is 0 Å². The van der Waals surface area contributed by atoms with E-state index in [0.29, 0.717) is 17.9 Å². The quantitative estimate of drug-likeness (QED) is 0.822. The Bertz CT molecular complexity index is 397. The highest BCUT2D eigenvalue weighted by Crippen LogP contribution is 2.20. The molecule has 0 N–H and O–H groups in total. The van der Waals surface area contributed by atoms with Gasteiger partial charge >= 0.3 is 0 Å². The largest absolute Gasteiger partial charge is 0.497 e. The number of benzene rings is 1. The van der Waals surface area contributed by atoms with Gasteiger partial charge in [-0.05, 0) is 25.5 Å². The Balaban J connectivity index is 2.00. The van der Waals surface area contributed by atoms with Gasteiger partial charge in [0.2, 0.25) is 0 Å². The molecule has 1 heterocycles. The van der Waals surface area contributed by atoms with E-state index in [1.807, 2.05) is 0 Å². The number of piperidine rings is 1. The number of methoxy groups -OCH3 is 2. The summed E-state index contributed by atoms with van der Waals surface area (Å²) in [4.78, 5) is 2.24. The highest BCUT2D eigenvalue weighted by atomic mass is 19.1. The molecule has 1 fully saturated rings. The third kappa shape index (κ3) is 3.21. The normalized spacial score (nSPS) is 20.9. The SMILES string of the molecule is COc1ccc(CN2CCC[C@@H](OC)C2)c(F)c1. The number of nitrogens with zero attached hydrogens (tertiary/aromatic N) is 1. The third-order valence-corrected chi connectivity index (χ3v) is 3.45. The van der Waals surface area contributed by atoms with Crippen LogP contribution < -0.4 is 4.74 Å². The summed E-state index contributed by atoms with van der Waals surface area (Å²) in [6.45, 7) is 2.52. The number of ether oxygens (including phenoxy) is 2. The summed E-state index contributed by atoms with van der Waals surface area (Å²) in [5.74, 6) is 0.360. The van der Waals surface area contributed by atoms with Crippen molar-refractivity contribution in [2.45, 2.75) is 25.5 Å². The maximum Gasteiger partial charge on any atom is 0.131 e. The number of rotatable bonds is 4. The Labute approximate surface area is 107 Å². The number of hydrogen-bond donors (Lipinski definition) is 0. The van der Waals surface area contributed by atoms with Gasteiger partial charge in [0.25, 0.3) is 0 Å². The fourth-order valence-corrected chi connectivity index (χ4v) is 2.37. The summed E-state index contributed by atoms with van der Waals surface area (Å²) in [5, 5.41) is 0. The standard InChI is InChI=1S/C14H20FNO2/c1-17-12-6-5-11(14(15)8-12)9-16-7-3-4-13(10-16)18-2/h5-6,8,13H,3-4,7,9-10H2,1-2H3/t13-/m1/s1. The highest BCUT2D eigenvalue weighted by Gasteiger charge is 2.20. The van der Waals surface area contributed by atoms with Crippen molar-refractivity contribution in [1.82, 2.24) is 4.90 Å². The van der Waals surface area contributed by atoms with Crippen LogP contribution in [0.3, 0.4) is 0 Å². The van der Waals surface area contributed by atoms with Crippen molar-refractivity contribution in [1.29, 1.82) is 0 Å². The molecular formula is C14H20FNO2. The summed E-state index contributed by atoms with van der Waals surface area (Å²) >= 11 is 0. The van der Waals surface area contributed by atoms with E-state index in [2.05, 4.69) is 4.90 Å². The third-order valence-electron chi connectivity index (χ3n) is 3.45. The molecule has 0 aromatic heterocycles. The highest BCUT2D eigenvalue weighted by molar-refractivity contribution is 5.28. The molecule has 1 aliphatic heterocycles. The molecule has 0 amide bonds. The lowest BCUT2D eigenvalue weighted by Gasteiger charge is -2.31. The molecule has 1 aromatic rings. The van der Waals surface area contributed by atoms with Crippen LogP contribution in [-0.4, -0.2) is 38.3 Å². The van der Waals surface area contributed by atoms with Gasteiger partial charge in [0.05, 0.1) is 13.2 Å². The van der Waals surface area contributed by atoms with Gasteiger partial charge in [-0.1, -0.05) is 6.07 Å². The van der Waals surface area contributed by atoms with E-state index in [0.717, 1.165) is 25.9 Å². The second kappa shape index (κ2) is 6.16. The van der Waals surface area contributed by atoms with E-state index in [1.165, 1.54) is 6.07 Å². The summed E-state index contributed by atoms with van der Waals surface area (Å²) < 4.78 is 24.2. The topological polar surface area (TPSA) is 21.7 Å². The van der Waals surface area contributed by atoms with Crippen molar-refractivity contribution in [2.24, 2.45) is 0 Å². The van der Waals surface area contributed by atoms with Crippen LogP contribution in [0.1, 0.15) is 18.4 Å². The molecule has 1 aromatic carbocycles. The molecule has 0 aliphatic carbocycles. The van der Waals surface area contributed by atoms with E-state index < -0.39 is 0 Å². The molecule has 0 bridgehead atoms. The van der Waals surface area contributed by atoms with Crippen molar-refractivity contribution in [3.8, 4) is 5.75 Å². The molecule has 1 saturated heterocycles. The first-order valence-corrected chi connectivity index (χ1v) is 6.30. The van der Waals surface area contributed by atoms with Gasteiger partial charge < -0.3 is 9.47 Å². The summed E-state index contributed by atoms with van der Waals surface area (Å²) in [6.07, 6.45) is 2.48. The molecule has 0 saturated carbocycles. The average Bonchev–Trinajstić information content (AvgIpc) is 2.41. The summed E-state index contributed by atoms with van der Waals surface area (Å²) in [5.41, 5.74) is 0.715. The van der Waals surface area contributed by atoms with Gasteiger partial charge in [-0.25, -0.2) is 4.39 Å². The lowest BCUT2D eigenvalue weighted by molar-refractivity contribution is 0.0282. The van der Waals surface area contributed by atoms with Crippen LogP contribution in [0.15, 0.2) is 18.2 Å². The first kappa shape index (κ1) is 13.3. The Morgan fingerprint density at radius 1 is 1.39 bits per heavy atom. The van der Waals surface area contributed by atoms with Crippen molar-refractivity contribution < 1.29 is 13.9 Å². The second-order valence-corrected chi connectivity index (χ2v) is 4.69. The molecule has 3 nitrogen and oxygen atoms in total. The van der Waals surface area contributed by atoms with E-state index in [-0.39, 0.29) is 11.9 Å². The van der Waals surface area contributed by atoms with E-state index in [1.54, 1.807) is 26.4 Å². The van der Waals surface area contributed by atoms with Crippen LogP contribution in [0, 0.1) is 5.82 Å². The maximum absolute atomic E-state index is 13.8. The number of hydrogen-bond acceptors (Lipinski definition) is 3. The van der Waals surface area contributed by atoms with E-state index >= 15 is 0 Å². The second-order valence-electron chi connectivity index (χ2n) is 4.69. The molecule has 4 heteroatoms. The Hall–Kier alpha value is -1.13. The minimum atomic E-state index is -0.200. The van der Waals surface area contributed by atoms with Crippen molar-refractivity contribution >= 4 is 0 Å². The predicted molar refractivity (Wildman–Crippen MR) is 68.3 cm³/mol. The Kier molecular flexibility index (Phi) is 4.55. The fraction of sp³-hybridized carbons (Fsp3) is 0.571. The first-order chi connectivity index (χ1) is 8.72. The van der Waals surface area contributed by atoms with E-state index in [4.69, 9.17) is 9.47 Å². The summed E-state index contributed by atoms with van der Waals surface area (Å²) in [7, 11) is 3.28. The molecule has 0 spiro atoms. The molecule has 18 heavy (non-hydrogen) atoms. The molecule has 1 aliphatic rings. The Morgan fingerprint density at radius 2 is 2.22 bits per heavy atom. The molecule has 0 unspecified atom stereocenters. The minimum absolute atomic E-state index is 0.200. The lowest BCUT2D eigenvalue weighted by atomic mass is 10.1.